The molecule has 0 saturated heterocycles. The van der Waals surface area contributed by atoms with Crippen LogP contribution in [0.25, 0.3) is 0 Å². The topological polar surface area (TPSA) is 0 Å². The molecule has 0 aromatic carbocycles. The fraction of sp³-hybridized carbons (Fsp3) is 1.00. The first-order valence-corrected chi connectivity index (χ1v) is 4.02. The molecule has 0 nitrogen and oxygen atoms in total. The molecule has 0 fully saturated rings. The Labute approximate surface area is 88.6 Å². The van der Waals surface area contributed by atoms with Crippen LogP contribution in [0.15, 0.2) is 0 Å². The van der Waals surface area contributed by atoms with Crippen LogP contribution in [-0.2, 0) is 0 Å². The van der Waals surface area contributed by atoms with Crippen LogP contribution >= 0.6 is 0 Å². The summed E-state index contributed by atoms with van der Waals surface area (Å²) in [7, 11) is 0. The predicted molar refractivity (Wildman–Crippen MR) is 35.8 cm³/mol. The van der Waals surface area contributed by atoms with Crippen molar-refractivity contribution in [3.63, 3.8) is 0 Å². The molecule has 1 atom stereocenters. The maximum atomic E-state index is 12.4. The first-order valence-electron chi connectivity index (χ1n) is 4.02. The molecule has 104 valence electrons. The van der Waals surface area contributed by atoms with E-state index in [0.29, 0.717) is 0 Å². The highest BCUT2D eigenvalue weighted by Crippen LogP contribution is 2.48. The van der Waals surface area contributed by atoms with Crippen LogP contribution in [0.3, 0.4) is 0 Å². The highest BCUT2D eigenvalue weighted by Gasteiger charge is 2.66. The zero-order valence-corrected chi connectivity index (χ0v) is 8.06. The molecule has 0 amide bonds. The van der Waals surface area contributed by atoms with Gasteiger partial charge in [0.25, 0.3) is 0 Å². The van der Waals surface area contributed by atoms with E-state index >= 15 is 0 Å². The molecular formula is C7H6F10. The minimum absolute atomic E-state index is 0.0207. The standard InChI is InChI=1S/C7H6F10/c1-3(5(10,11)7(15,16)17)2-4(8,9)6(12,13)14/h3H,2H2,1H3. The highest BCUT2D eigenvalue weighted by atomic mass is 19.4. The Morgan fingerprint density at radius 1 is 0.706 bits per heavy atom. The lowest BCUT2D eigenvalue weighted by Gasteiger charge is -2.29. The molecule has 0 aliphatic rings. The second-order valence-electron chi connectivity index (χ2n) is 3.43. The van der Waals surface area contributed by atoms with Gasteiger partial charge < -0.3 is 0 Å². The van der Waals surface area contributed by atoms with Gasteiger partial charge in [0.05, 0.1) is 0 Å². The average Bonchev–Trinajstić information content (AvgIpc) is 1.98. The van der Waals surface area contributed by atoms with Crippen LogP contribution in [0.4, 0.5) is 43.9 Å². The Morgan fingerprint density at radius 2 is 1.06 bits per heavy atom. The third-order valence-electron chi connectivity index (χ3n) is 1.97. The first kappa shape index (κ1) is 16.3. The van der Waals surface area contributed by atoms with Gasteiger partial charge in [-0.3, -0.25) is 0 Å². The third kappa shape index (κ3) is 3.38. The number of hydrogen-bond donors (Lipinski definition) is 0. The minimum Gasteiger partial charge on any atom is -0.196 e. The van der Waals surface area contributed by atoms with Crippen molar-refractivity contribution >= 4 is 0 Å². The summed E-state index contributed by atoms with van der Waals surface area (Å²) in [4.78, 5) is 0. The Morgan fingerprint density at radius 3 is 1.29 bits per heavy atom. The van der Waals surface area contributed by atoms with E-state index in [0.717, 1.165) is 0 Å². The van der Waals surface area contributed by atoms with Gasteiger partial charge in [-0.2, -0.15) is 43.9 Å². The molecule has 1 unspecified atom stereocenters. The van der Waals surface area contributed by atoms with E-state index in [1.807, 2.05) is 0 Å². The van der Waals surface area contributed by atoms with Gasteiger partial charge in [0.1, 0.15) is 0 Å². The normalized spacial score (nSPS) is 17.1. The van der Waals surface area contributed by atoms with Crippen molar-refractivity contribution in [2.45, 2.75) is 37.5 Å². The lowest BCUT2D eigenvalue weighted by molar-refractivity contribution is -0.325. The molecule has 0 aromatic rings. The Kier molecular flexibility index (Phi) is 4.03. The predicted octanol–water partition coefficient (Wildman–Crippen LogP) is 4.41. The SMILES string of the molecule is CC(CC(F)(F)C(F)(F)F)C(F)(F)C(F)(F)F. The number of hydrogen-bond acceptors (Lipinski definition) is 0. The van der Waals surface area contributed by atoms with Gasteiger partial charge in [-0.15, -0.1) is 0 Å². The molecule has 0 rings (SSSR count). The van der Waals surface area contributed by atoms with E-state index in [2.05, 4.69) is 0 Å². The minimum atomic E-state index is -6.17. The van der Waals surface area contributed by atoms with E-state index < -0.39 is 36.5 Å². The van der Waals surface area contributed by atoms with Crippen molar-refractivity contribution in [2.75, 3.05) is 0 Å². The van der Waals surface area contributed by atoms with E-state index in [-0.39, 0.29) is 6.92 Å². The molecule has 0 radical (unpaired) electrons. The van der Waals surface area contributed by atoms with Gasteiger partial charge in [-0.1, -0.05) is 6.92 Å². The Bertz CT molecular complexity index is 259. The molecule has 0 aromatic heterocycles. The van der Waals surface area contributed by atoms with Crippen molar-refractivity contribution in [2.24, 2.45) is 5.92 Å². The Balaban J connectivity index is 4.95. The molecule has 0 aliphatic heterocycles. The quantitative estimate of drug-likeness (QED) is 0.672. The summed E-state index contributed by atoms with van der Waals surface area (Å²) in [6, 6.07) is 0. The van der Waals surface area contributed by atoms with E-state index in [1.54, 1.807) is 0 Å². The maximum absolute atomic E-state index is 12.4. The summed E-state index contributed by atoms with van der Waals surface area (Å²) in [5.74, 6) is -14.4. The van der Waals surface area contributed by atoms with E-state index in [4.69, 9.17) is 0 Å². The number of halogens is 10. The average molecular weight is 280 g/mol. The molecule has 0 aliphatic carbocycles. The van der Waals surface area contributed by atoms with Crippen LogP contribution in [0.2, 0.25) is 0 Å². The van der Waals surface area contributed by atoms with Crippen molar-refractivity contribution in [3.05, 3.63) is 0 Å². The van der Waals surface area contributed by atoms with Crippen LogP contribution in [-0.4, -0.2) is 24.2 Å². The van der Waals surface area contributed by atoms with Crippen LogP contribution in [0.1, 0.15) is 13.3 Å². The van der Waals surface area contributed by atoms with Crippen molar-refractivity contribution < 1.29 is 43.9 Å². The zero-order chi connectivity index (χ0) is 14.3. The first-order chi connectivity index (χ1) is 7.13. The third-order valence-corrected chi connectivity index (χ3v) is 1.97. The zero-order valence-electron chi connectivity index (χ0n) is 8.06. The largest absolute Gasteiger partial charge is 0.453 e. The van der Waals surface area contributed by atoms with Gasteiger partial charge in [0.15, 0.2) is 0 Å². The fourth-order valence-electron chi connectivity index (χ4n) is 0.908. The van der Waals surface area contributed by atoms with Gasteiger partial charge in [-0.05, 0) is 0 Å². The molecule has 0 bridgehead atoms. The fourth-order valence-corrected chi connectivity index (χ4v) is 0.908. The van der Waals surface area contributed by atoms with Gasteiger partial charge in [0, 0.05) is 12.3 Å². The van der Waals surface area contributed by atoms with Gasteiger partial charge in [0.2, 0.25) is 0 Å². The van der Waals surface area contributed by atoms with Gasteiger partial charge >= 0.3 is 24.2 Å². The molecule has 0 heterocycles. The van der Waals surface area contributed by atoms with Crippen LogP contribution in [0, 0.1) is 5.92 Å². The van der Waals surface area contributed by atoms with Crippen LogP contribution in [0.5, 0.6) is 0 Å². The summed E-state index contributed by atoms with van der Waals surface area (Å²) in [5, 5.41) is 0. The highest BCUT2D eigenvalue weighted by molar-refractivity contribution is 4.87. The second-order valence-corrected chi connectivity index (χ2v) is 3.43. The molecule has 17 heavy (non-hydrogen) atoms. The summed E-state index contributed by atoms with van der Waals surface area (Å²) in [6.45, 7) is -0.0207. The van der Waals surface area contributed by atoms with E-state index in [9.17, 15) is 43.9 Å². The van der Waals surface area contributed by atoms with Gasteiger partial charge in [-0.25, -0.2) is 0 Å². The maximum Gasteiger partial charge on any atom is 0.453 e. The molecular weight excluding hydrogens is 274 g/mol. The molecule has 0 saturated carbocycles. The summed E-state index contributed by atoms with van der Waals surface area (Å²) >= 11 is 0. The molecule has 0 spiro atoms. The van der Waals surface area contributed by atoms with E-state index in [1.165, 1.54) is 0 Å². The lowest BCUT2D eigenvalue weighted by atomic mass is 9.95. The van der Waals surface area contributed by atoms with Crippen molar-refractivity contribution in [1.29, 1.82) is 0 Å². The second kappa shape index (κ2) is 4.20. The summed E-state index contributed by atoms with van der Waals surface area (Å²) < 4.78 is 119. The summed E-state index contributed by atoms with van der Waals surface area (Å²) in [6.07, 6.45) is -15.0. The number of alkyl halides is 10. The summed E-state index contributed by atoms with van der Waals surface area (Å²) in [5.41, 5.74) is 0. The molecule has 10 heteroatoms. The smallest absolute Gasteiger partial charge is 0.196 e. The van der Waals surface area contributed by atoms with Crippen molar-refractivity contribution in [1.82, 2.24) is 0 Å². The molecule has 0 N–H and O–H groups in total. The van der Waals surface area contributed by atoms with Crippen molar-refractivity contribution in [3.8, 4) is 0 Å². The number of rotatable bonds is 3. The van der Waals surface area contributed by atoms with Crippen LogP contribution < -0.4 is 0 Å². The Hall–Kier alpha value is -0.700. The monoisotopic (exact) mass is 280 g/mol. The lowest BCUT2D eigenvalue weighted by Crippen LogP contribution is -2.47.